The van der Waals surface area contributed by atoms with Crippen molar-refractivity contribution >= 4 is 33.2 Å². The Bertz CT molecular complexity index is 709. The lowest BCUT2D eigenvalue weighted by molar-refractivity contribution is -0.145. The van der Waals surface area contributed by atoms with E-state index >= 15 is 0 Å². The second-order valence-electron chi connectivity index (χ2n) is 6.19. The molecule has 1 unspecified atom stereocenters. The number of hydrogen-bond acceptors (Lipinski definition) is 4. The van der Waals surface area contributed by atoms with Gasteiger partial charge in [-0.2, -0.15) is 0 Å². The minimum Gasteiger partial charge on any atom is -0.479 e. The fourth-order valence-corrected chi connectivity index (χ4v) is 3.37. The van der Waals surface area contributed by atoms with Crippen molar-refractivity contribution in [3.8, 4) is 5.75 Å². The van der Waals surface area contributed by atoms with Crippen LogP contribution in [0.4, 0.5) is 0 Å². The van der Waals surface area contributed by atoms with Gasteiger partial charge in [0, 0.05) is 15.5 Å². The average Bonchev–Trinajstić information content (AvgIpc) is 2.80. The molecular formula is C17H20O4S. The number of ketones is 1. The summed E-state index contributed by atoms with van der Waals surface area (Å²) in [6.45, 7) is 7.28. The second kappa shape index (κ2) is 6.08. The highest BCUT2D eigenvalue weighted by atomic mass is 32.1. The van der Waals surface area contributed by atoms with Gasteiger partial charge in [-0.15, -0.1) is 11.3 Å². The summed E-state index contributed by atoms with van der Waals surface area (Å²) in [6, 6.07) is 7.51. The molecule has 1 heterocycles. The Morgan fingerprint density at radius 3 is 2.45 bits per heavy atom. The van der Waals surface area contributed by atoms with E-state index in [1.165, 1.54) is 11.3 Å². The molecule has 5 heteroatoms. The molecule has 1 aromatic heterocycles. The van der Waals surface area contributed by atoms with Gasteiger partial charge in [0.15, 0.2) is 11.9 Å². The van der Waals surface area contributed by atoms with Gasteiger partial charge < -0.3 is 9.84 Å². The highest BCUT2D eigenvalue weighted by Crippen LogP contribution is 2.41. The van der Waals surface area contributed by atoms with Crippen molar-refractivity contribution in [1.29, 1.82) is 0 Å². The van der Waals surface area contributed by atoms with Crippen molar-refractivity contribution in [3.63, 3.8) is 0 Å². The summed E-state index contributed by atoms with van der Waals surface area (Å²) in [4.78, 5) is 24.4. The van der Waals surface area contributed by atoms with Crippen molar-refractivity contribution in [2.45, 2.75) is 40.2 Å². The fourth-order valence-electron chi connectivity index (χ4n) is 2.08. The summed E-state index contributed by atoms with van der Waals surface area (Å²) in [5, 5.41) is 10.0. The Labute approximate surface area is 133 Å². The van der Waals surface area contributed by atoms with Gasteiger partial charge in [-0.3, -0.25) is 4.79 Å². The smallest absolute Gasteiger partial charge is 0.344 e. The number of aliphatic carboxylic acids is 1. The topological polar surface area (TPSA) is 63.6 Å². The number of carbonyl (C=O) groups excluding carboxylic acids is 1. The van der Waals surface area contributed by atoms with E-state index in [9.17, 15) is 14.7 Å². The third kappa shape index (κ3) is 3.14. The van der Waals surface area contributed by atoms with E-state index in [1.54, 1.807) is 6.92 Å². The van der Waals surface area contributed by atoms with E-state index in [1.807, 2.05) is 45.0 Å². The van der Waals surface area contributed by atoms with Crippen LogP contribution in [0.2, 0.25) is 0 Å². The van der Waals surface area contributed by atoms with Crippen molar-refractivity contribution in [2.24, 2.45) is 5.41 Å². The number of ether oxygens (including phenoxy) is 1. The lowest BCUT2D eigenvalue weighted by atomic mass is 9.89. The Hall–Kier alpha value is -1.88. The van der Waals surface area contributed by atoms with E-state index in [-0.39, 0.29) is 5.78 Å². The first kappa shape index (κ1) is 16.5. The van der Waals surface area contributed by atoms with E-state index in [0.717, 1.165) is 10.1 Å². The standard InChI is InChI=1S/C17H20O4S/c1-5-11(16(19)20)21-13-10-8-6-7-9-12(10)22-14(13)15(18)17(2,3)4/h6-9,11H,5H2,1-4H3,(H,19,20). The molecule has 0 aliphatic carbocycles. The number of thiophene rings is 1. The number of benzene rings is 1. The lowest BCUT2D eigenvalue weighted by Crippen LogP contribution is -2.27. The molecule has 0 saturated carbocycles. The number of rotatable bonds is 5. The molecule has 1 N–H and O–H groups in total. The molecule has 0 radical (unpaired) electrons. The van der Waals surface area contributed by atoms with Crippen LogP contribution in [-0.4, -0.2) is 23.0 Å². The Balaban J connectivity index is 2.58. The minimum atomic E-state index is -1.02. The number of fused-ring (bicyclic) bond motifs is 1. The van der Waals surface area contributed by atoms with Gasteiger partial charge >= 0.3 is 5.97 Å². The summed E-state index contributed by atoms with van der Waals surface area (Å²) in [5.74, 6) is -0.661. The molecule has 2 rings (SSSR count). The molecule has 0 spiro atoms. The summed E-state index contributed by atoms with van der Waals surface area (Å²) in [6.07, 6.45) is -0.618. The second-order valence-corrected chi connectivity index (χ2v) is 7.24. The maximum absolute atomic E-state index is 12.7. The molecule has 22 heavy (non-hydrogen) atoms. The van der Waals surface area contributed by atoms with Crippen LogP contribution in [0.1, 0.15) is 43.8 Å². The van der Waals surface area contributed by atoms with Crippen LogP contribution < -0.4 is 4.74 Å². The van der Waals surface area contributed by atoms with Crippen LogP contribution in [0.25, 0.3) is 10.1 Å². The largest absolute Gasteiger partial charge is 0.479 e. The van der Waals surface area contributed by atoms with Gasteiger partial charge in [0.1, 0.15) is 10.6 Å². The molecule has 0 saturated heterocycles. The van der Waals surface area contributed by atoms with Crippen LogP contribution in [-0.2, 0) is 4.79 Å². The number of Topliss-reactive ketones (excluding diaryl/α,β-unsaturated/α-hetero) is 1. The average molecular weight is 320 g/mol. The van der Waals surface area contributed by atoms with Crippen LogP contribution in [0.15, 0.2) is 24.3 Å². The first-order valence-corrected chi connectivity index (χ1v) is 8.03. The van der Waals surface area contributed by atoms with E-state index in [4.69, 9.17) is 4.74 Å². The Kier molecular flexibility index (Phi) is 4.56. The summed E-state index contributed by atoms with van der Waals surface area (Å²) < 4.78 is 6.64. The number of hydrogen-bond donors (Lipinski definition) is 1. The highest BCUT2D eigenvalue weighted by molar-refractivity contribution is 7.21. The van der Waals surface area contributed by atoms with Gasteiger partial charge in [0.25, 0.3) is 0 Å². The summed E-state index contributed by atoms with van der Waals surface area (Å²) in [5.41, 5.74) is -0.552. The first-order chi connectivity index (χ1) is 10.3. The van der Waals surface area contributed by atoms with Crippen LogP contribution in [0.5, 0.6) is 5.75 Å². The SMILES string of the molecule is CCC(Oc1c(C(=O)C(C)(C)C)sc2ccccc12)C(=O)O. The molecular weight excluding hydrogens is 300 g/mol. The van der Waals surface area contributed by atoms with E-state index in [0.29, 0.717) is 17.0 Å². The normalized spacial score (nSPS) is 13.1. The third-order valence-corrected chi connectivity index (χ3v) is 4.49. The zero-order valence-corrected chi connectivity index (χ0v) is 14.0. The first-order valence-electron chi connectivity index (χ1n) is 7.21. The third-order valence-electron chi connectivity index (χ3n) is 3.34. The molecule has 0 amide bonds. The predicted octanol–water partition coefficient (Wildman–Crippen LogP) is 4.37. The van der Waals surface area contributed by atoms with Crippen molar-refractivity contribution in [3.05, 3.63) is 29.1 Å². The molecule has 0 aliphatic heterocycles. The molecule has 0 fully saturated rings. The summed E-state index contributed by atoms with van der Waals surface area (Å²) in [7, 11) is 0. The molecule has 4 nitrogen and oxygen atoms in total. The molecule has 1 aromatic carbocycles. The van der Waals surface area contributed by atoms with Gasteiger partial charge in [-0.25, -0.2) is 4.79 Å². The molecule has 2 aromatic rings. The lowest BCUT2D eigenvalue weighted by Gasteiger charge is -2.18. The number of carboxylic acid groups (broad SMARTS) is 1. The van der Waals surface area contributed by atoms with Gasteiger partial charge in [-0.05, 0) is 18.6 Å². The maximum atomic E-state index is 12.7. The van der Waals surface area contributed by atoms with E-state index in [2.05, 4.69) is 0 Å². The van der Waals surface area contributed by atoms with Gasteiger partial charge in [0.05, 0.1) is 0 Å². The zero-order chi connectivity index (χ0) is 16.5. The molecule has 0 bridgehead atoms. The summed E-state index contributed by atoms with van der Waals surface area (Å²) >= 11 is 1.36. The number of carbonyl (C=O) groups is 2. The molecule has 118 valence electrons. The van der Waals surface area contributed by atoms with Crippen LogP contribution in [0.3, 0.4) is 0 Å². The van der Waals surface area contributed by atoms with Gasteiger partial charge in [-0.1, -0.05) is 39.8 Å². The molecule has 0 aliphatic rings. The predicted molar refractivity (Wildman–Crippen MR) is 88.0 cm³/mol. The van der Waals surface area contributed by atoms with Crippen molar-refractivity contribution in [2.75, 3.05) is 0 Å². The Morgan fingerprint density at radius 1 is 1.27 bits per heavy atom. The zero-order valence-electron chi connectivity index (χ0n) is 13.2. The monoisotopic (exact) mass is 320 g/mol. The Morgan fingerprint density at radius 2 is 1.91 bits per heavy atom. The van der Waals surface area contributed by atoms with Crippen LogP contribution >= 0.6 is 11.3 Å². The fraction of sp³-hybridized carbons (Fsp3) is 0.412. The van der Waals surface area contributed by atoms with Crippen molar-refractivity contribution in [1.82, 2.24) is 0 Å². The number of carboxylic acids is 1. The molecule has 1 atom stereocenters. The quantitative estimate of drug-likeness (QED) is 0.831. The van der Waals surface area contributed by atoms with Crippen LogP contribution in [0, 0.1) is 5.41 Å². The van der Waals surface area contributed by atoms with E-state index < -0.39 is 17.5 Å². The van der Waals surface area contributed by atoms with Crippen molar-refractivity contribution < 1.29 is 19.4 Å². The van der Waals surface area contributed by atoms with Gasteiger partial charge in [0.2, 0.25) is 0 Å². The highest BCUT2D eigenvalue weighted by Gasteiger charge is 2.31. The maximum Gasteiger partial charge on any atom is 0.344 e. The minimum absolute atomic E-state index is 0.0380.